The maximum Gasteiger partial charge on any atom is 0.227 e. The molecule has 1 fully saturated rings. The smallest absolute Gasteiger partial charge is 0.227 e. The quantitative estimate of drug-likeness (QED) is 0.824. The van der Waals surface area contributed by atoms with Crippen LogP contribution in [0.25, 0.3) is 0 Å². The number of amides is 1. The summed E-state index contributed by atoms with van der Waals surface area (Å²) in [5.41, 5.74) is 1.82. The highest BCUT2D eigenvalue weighted by atomic mass is 35.5. The Hall–Kier alpha value is -1.81. The van der Waals surface area contributed by atoms with Crippen molar-refractivity contribution in [3.63, 3.8) is 0 Å². The standard InChI is InChI=1S/C18H21ClN2O2/c1-2-5-15-12-16(20-23-15)17-8-4-9-21(17)18(22)11-13-6-3-7-14(19)10-13/h3,6-7,10,12,17H,2,4-5,8-9,11H2,1H3/t17-/m0/s1. The van der Waals surface area contributed by atoms with Gasteiger partial charge in [0, 0.05) is 24.1 Å². The average molecular weight is 333 g/mol. The molecule has 2 heterocycles. The van der Waals surface area contributed by atoms with Crippen molar-refractivity contribution in [1.82, 2.24) is 10.1 Å². The predicted molar refractivity (Wildman–Crippen MR) is 89.3 cm³/mol. The highest BCUT2D eigenvalue weighted by Crippen LogP contribution is 2.32. The molecule has 0 saturated carbocycles. The fourth-order valence-electron chi connectivity index (χ4n) is 3.15. The number of aryl methyl sites for hydroxylation is 1. The molecule has 1 aliphatic rings. The largest absolute Gasteiger partial charge is 0.361 e. The van der Waals surface area contributed by atoms with Gasteiger partial charge >= 0.3 is 0 Å². The number of nitrogens with zero attached hydrogens (tertiary/aromatic N) is 2. The van der Waals surface area contributed by atoms with Crippen molar-refractivity contribution >= 4 is 17.5 Å². The van der Waals surface area contributed by atoms with Crippen molar-refractivity contribution in [3.05, 3.63) is 52.4 Å². The van der Waals surface area contributed by atoms with Gasteiger partial charge < -0.3 is 9.42 Å². The minimum atomic E-state index is 0.0380. The average Bonchev–Trinajstić information content (AvgIpc) is 3.16. The Morgan fingerprint density at radius 1 is 1.43 bits per heavy atom. The second-order valence-electron chi connectivity index (χ2n) is 6.02. The molecule has 1 aromatic carbocycles. The summed E-state index contributed by atoms with van der Waals surface area (Å²) in [7, 11) is 0. The Balaban J connectivity index is 1.71. The zero-order chi connectivity index (χ0) is 16.2. The summed E-state index contributed by atoms with van der Waals surface area (Å²) in [6.07, 6.45) is 4.23. The summed E-state index contributed by atoms with van der Waals surface area (Å²) in [4.78, 5) is 14.6. The molecular formula is C18H21ClN2O2. The summed E-state index contributed by atoms with van der Waals surface area (Å²) in [5, 5.41) is 4.84. The molecule has 1 saturated heterocycles. The summed E-state index contributed by atoms with van der Waals surface area (Å²) >= 11 is 6.00. The molecule has 23 heavy (non-hydrogen) atoms. The van der Waals surface area contributed by atoms with Gasteiger partial charge in [-0.3, -0.25) is 4.79 Å². The molecule has 1 amide bonds. The van der Waals surface area contributed by atoms with Crippen molar-refractivity contribution in [3.8, 4) is 0 Å². The molecule has 0 bridgehead atoms. The van der Waals surface area contributed by atoms with E-state index in [9.17, 15) is 4.79 Å². The van der Waals surface area contributed by atoms with Crippen LogP contribution in [0.2, 0.25) is 5.02 Å². The number of rotatable bonds is 5. The Bertz CT molecular complexity index is 683. The maximum absolute atomic E-state index is 12.7. The van der Waals surface area contributed by atoms with Crippen LogP contribution in [0.4, 0.5) is 0 Å². The lowest BCUT2D eigenvalue weighted by Gasteiger charge is -2.23. The molecule has 0 spiro atoms. The molecule has 5 heteroatoms. The van der Waals surface area contributed by atoms with Gasteiger partial charge in [0.05, 0.1) is 12.5 Å². The third kappa shape index (κ3) is 3.75. The minimum Gasteiger partial charge on any atom is -0.361 e. The number of hydrogen-bond acceptors (Lipinski definition) is 3. The second-order valence-corrected chi connectivity index (χ2v) is 6.46. The first-order chi connectivity index (χ1) is 11.2. The third-order valence-electron chi connectivity index (χ3n) is 4.23. The molecule has 4 nitrogen and oxygen atoms in total. The predicted octanol–water partition coefficient (Wildman–Crippen LogP) is 4.19. The van der Waals surface area contributed by atoms with Gasteiger partial charge in [0.2, 0.25) is 5.91 Å². The molecule has 1 atom stereocenters. The molecule has 1 aliphatic heterocycles. The van der Waals surface area contributed by atoms with Crippen LogP contribution in [0.1, 0.15) is 49.2 Å². The van der Waals surface area contributed by atoms with Gasteiger partial charge in [-0.1, -0.05) is 35.8 Å². The highest BCUT2D eigenvalue weighted by Gasteiger charge is 2.32. The van der Waals surface area contributed by atoms with Crippen LogP contribution < -0.4 is 0 Å². The van der Waals surface area contributed by atoms with Crippen LogP contribution in [-0.4, -0.2) is 22.5 Å². The number of carbonyl (C=O) groups excluding carboxylic acids is 1. The molecule has 122 valence electrons. The first-order valence-corrected chi connectivity index (χ1v) is 8.54. The number of halogens is 1. The van der Waals surface area contributed by atoms with Gasteiger partial charge in [0.25, 0.3) is 0 Å². The van der Waals surface area contributed by atoms with Crippen molar-refractivity contribution in [2.75, 3.05) is 6.54 Å². The van der Waals surface area contributed by atoms with E-state index in [0.717, 1.165) is 49.2 Å². The maximum atomic E-state index is 12.7. The Morgan fingerprint density at radius 3 is 3.09 bits per heavy atom. The second kappa shape index (κ2) is 7.18. The summed E-state index contributed by atoms with van der Waals surface area (Å²) in [6, 6.07) is 9.51. The van der Waals surface area contributed by atoms with E-state index in [4.69, 9.17) is 16.1 Å². The monoisotopic (exact) mass is 332 g/mol. The molecule has 2 aromatic rings. The van der Waals surface area contributed by atoms with Gasteiger partial charge in [-0.2, -0.15) is 0 Å². The van der Waals surface area contributed by atoms with E-state index in [1.54, 1.807) is 0 Å². The molecular weight excluding hydrogens is 312 g/mol. The van der Waals surface area contributed by atoms with E-state index in [0.29, 0.717) is 11.4 Å². The summed E-state index contributed by atoms with van der Waals surface area (Å²) < 4.78 is 5.37. The molecule has 3 rings (SSSR count). The lowest BCUT2D eigenvalue weighted by atomic mass is 10.1. The zero-order valence-electron chi connectivity index (χ0n) is 13.3. The number of likely N-dealkylation sites (tertiary alicyclic amines) is 1. The lowest BCUT2D eigenvalue weighted by Crippen LogP contribution is -2.32. The zero-order valence-corrected chi connectivity index (χ0v) is 14.1. The summed E-state index contributed by atoms with van der Waals surface area (Å²) in [5.74, 6) is 1.02. The van der Waals surface area contributed by atoms with Crippen LogP contribution in [-0.2, 0) is 17.6 Å². The van der Waals surface area contributed by atoms with Crippen molar-refractivity contribution < 1.29 is 9.32 Å². The van der Waals surface area contributed by atoms with Crippen LogP contribution in [0.3, 0.4) is 0 Å². The van der Waals surface area contributed by atoms with Gasteiger partial charge in [-0.05, 0) is 37.0 Å². The first kappa shape index (κ1) is 16.1. The number of aromatic nitrogens is 1. The number of hydrogen-bond donors (Lipinski definition) is 0. The Morgan fingerprint density at radius 2 is 2.30 bits per heavy atom. The molecule has 0 N–H and O–H groups in total. The summed E-state index contributed by atoms with van der Waals surface area (Å²) in [6.45, 7) is 2.89. The normalized spacial score (nSPS) is 17.7. The van der Waals surface area contributed by atoms with Crippen molar-refractivity contribution in [2.24, 2.45) is 0 Å². The fourth-order valence-corrected chi connectivity index (χ4v) is 3.36. The van der Waals surface area contributed by atoms with Gasteiger partial charge in [-0.25, -0.2) is 0 Å². The SMILES string of the molecule is CCCc1cc([C@@H]2CCCN2C(=O)Cc2cccc(Cl)c2)no1. The van der Waals surface area contributed by atoms with E-state index in [-0.39, 0.29) is 11.9 Å². The molecule has 0 aliphatic carbocycles. The fraction of sp³-hybridized carbons (Fsp3) is 0.444. The van der Waals surface area contributed by atoms with Crippen LogP contribution >= 0.6 is 11.6 Å². The Kier molecular flexibility index (Phi) is 5.01. The topological polar surface area (TPSA) is 46.3 Å². The Labute approximate surface area is 141 Å². The van der Waals surface area contributed by atoms with E-state index in [1.807, 2.05) is 35.2 Å². The minimum absolute atomic E-state index is 0.0380. The van der Waals surface area contributed by atoms with Crippen LogP contribution in [0.5, 0.6) is 0 Å². The van der Waals surface area contributed by atoms with Crippen LogP contribution in [0, 0.1) is 0 Å². The highest BCUT2D eigenvalue weighted by molar-refractivity contribution is 6.30. The van der Waals surface area contributed by atoms with E-state index < -0.39 is 0 Å². The first-order valence-electron chi connectivity index (χ1n) is 8.16. The van der Waals surface area contributed by atoms with Crippen LogP contribution in [0.15, 0.2) is 34.9 Å². The molecule has 1 aromatic heterocycles. The van der Waals surface area contributed by atoms with Gasteiger partial charge in [0.1, 0.15) is 11.5 Å². The lowest BCUT2D eigenvalue weighted by molar-refractivity contribution is -0.131. The van der Waals surface area contributed by atoms with Gasteiger partial charge in [0.15, 0.2) is 0 Å². The third-order valence-corrected chi connectivity index (χ3v) is 4.47. The molecule has 0 radical (unpaired) electrons. The van der Waals surface area contributed by atoms with Gasteiger partial charge in [-0.15, -0.1) is 0 Å². The van der Waals surface area contributed by atoms with E-state index in [1.165, 1.54) is 0 Å². The number of carbonyl (C=O) groups is 1. The van der Waals surface area contributed by atoms with Crippen molar-refractivity contribution in [2.45, 2.75) is 45.1 Å². The number of benzene rings is 1. The van der Waals surface area contributed by atoms with E-state index >= 15 is 0 Å². The van der Waals surface area contributed by atoms with E-state index in [2.05, 4.69) is 12.1 Å². The molecule has 0 unspecified atom stereocenters. The van der Waals surface area contributed by atoms with Crippen molar-refractivity contribution in [1.29, 1.82) is 0 Å².